The number of aromatic nitrogens is 1. The van der Waals surface area contributed by atoms with Crippen molar-refractivity contribution in [1.29, 1.82) is 0 Å². The molecule has 28 heavy (non-hydrogen) atoms. The van der Waals surface area contributed by atoms with E-state index in [0.717, 1.165) is 5.56 Å². The first-order valence-electron chi connectivity index (χ1n) is 8.69. The van der Waals surface area contributed by atoms with Crippen LogP contribution in [0, 0.1) is 0 Å². The molecule has 0 unspecified atom stereocenters. The molecule has 1 N–H and O–H groups in total. The number of amides is 2. The highest BCUT2D eigenvalue weighted by atomic mass is 79.9. The molecular weight excluding hydrogens is 468 g/mol. The zero-order valence-corrected chi connectivity index (χ0v) is 18.3. The van der Waals surface area contributed by atoms with E-state index in [9.17, 15) is 13.2 Å². The molecule has 3 rings (SSSR count). The lowest BCUT2D eigenvalue weighted by Gasteiger charge is -2.34. The number of sulfonamides is 1. The largest absolute Gasteiger partial charge is 0.331 e. The molecule has 2 aromatic rings. The molecule has 1 aliphatic rings. The third kappa shape index (κ3) is 4.65. The van der Waals surface area contributed by atoms with Gasteiger partial charge in [0.1, 0.15) is 4.90 Å². The fourth-order valence-corrected chi connectivity index (χ4v) is 5.38. The summed E-state index contributed by atoms with van der Waals surface area (Å²) in [4.78, 5) is 18.2. The molecule has 10 heteroatoms. The molecule has 2 heterocycles. The summed E-state index contributed by atoms with van der Waals surface area (Å²) in [6, 6.07) is 7.97. The lowest BCUT2D eigenvalue weighted by molar-refractivity contribution is 0.169. The maximum absolute atomic E-state index is 12.9. The van der Waals surface area contributed by atoms with Crippen LogP contribution in [0.15, 0.2) is 52.1 Å². The monoisotopic (exact) mass is 486 g/mol. The Morgan fingerprint density at radius 2 is 1.96 bits per heavy atom. The van der Waals surface area contributed by atoms with Crippen LogP contribution in [0.3, 0.4) is 0 Å². The Morgan fingerprint density at radius 3 is 2.57 bits per heavy atom. The highest BCUT2D eigenvalue weighted by Gasteiger charge is 2.31. The average molecular weight is 488 g/mol. The van der Waals surface area contributed by atoms with E-state index in [1.165, 1.54) is 10.4 Å². The minimum absolute atomic E-state index is 0.0699. The number of halogens is 2. The summed E-state index contributed by atoms with van der Waals surface area (Å²) in [7, 11) is -3.71. The number of carbonyl (C=O) groups excluding carboxylic acids is 1. The first-order valence-corrected chi connectivity index (χ1v) is 11.3. The molecule has 1 saturated heterocycles. The van der Waals surface area contributed by atoms with Gasteiger partial charge in [-0.2, -0.15) is 4.31 Å². The molecule has 0 saturated carbocycles. The Balaban J connectivity index is 1.61. The highest BCUT2D eigenvalue weighted by Crippen LogP contribution is 2.28. The van der Waals surface area contributed by atoms with Gasteiger partial charge in [0.15, 0.2) is 0 Å². The lowest BCUT2D eigenvalue weighted by Crippen LogP contribution is -2.53. The van der Waals surface area contributed by atoms with Crippen molar-refractivity contribution >= 4 is 43.6 Å². The summed E-state index contributed by atoms with van der Waals surface area (Å²) in [5, 5.41) is 3.09. The molecule has 1 aromatic heterocycles. The van der Waals surface area contributed by atoms with Crippen molar-refractivity contribution in [1.82, 2.24) is 19.5 Å². The molecule has 2 amide bonds. The standard InChI is InChI=1S/C18H20BrClN4O3S/c1-13(14-3-2-6-21-12-14)22-18(25)23-7-9-24(10-8-23)28(26,27)17-5-4-15(19)11-16(17)20/h2-6,11-13H,7-10H2,1H3,(H,22,25)/t13-/m1/s1. The SMILES string of the molecule is C[C@@H](NC(=O)N1CCN(S(=O)(=O)c2ccc(Br)cc2Cl)CC1)c1cccnc1. The first kappa shape index (κ1) is 21.0. The third-order valence-electron chi connectivity index (χ3n) is 4.56. The summed E-state index contributed by atoms with van der Waals surface area (Å²) in [6.07, 6.45) is 3.38. The summed E-state index contributed by atoms with van der Waals surface area (Å²) in [6.45, 7) is 2.91. The van der Waals surface area contributed by atoms with Crippen LogP contribution in [0.5, 0.6) is 0 Å². The quantitative estimate of drug-likeness (QED) is 0.717. The smallest absolute Gasteiger partial charge is 0.317 e. The Morgan fingerprint density at radius 1 is 1.25 bits per heavy atom. The highest BCUT2D eigenvalue weighted by molar-refractivity contribution is 9.10. The number of nitrogens with zero attached hydrogens (tertiary/aromatic N) is 3. The third-order valence-corrected chi connectivity index (χ3v) is 7.44. The van der Waals surface area contributed by atoms with Crippen molar-refractivity contribution < 1.29 is 13.2 Å². The first-order chi connectivity index (χ1) is 13.3. The van der Waals surface area contributed by atoms with Crippen molar-refractivity contribution in [2.24, 2.45) is 0 Å². The van der Waals surface area contributed by atoms with Gasteiger partial charge >= 0.3 is 6.03 Å². The number of benzene rings is 1. The van der Waals surface area contributed by atoms with Crippen molar-refractivity contribution in [3.63, 3.8) is 0 Å². The minimum Gasteiger partial charge on any atom is -0.331 e. The molecule has 1 aliphatic heterocycles. The van der Waals surface area contributed by atoms with Crippen molar-refractivity contribution in [3.8, 4) is 0 Å². The number of urea groups is 1. The molecule has 0 radical (unpaired) electrons. The molecular formula is C18H20BrClN4O3S. The van der Waals surface area contributed by atoms with Crippen LogP contribution in [0.2, 0.25) is 5.02 Å². The second kappa shape index (κ2) is 8.77. The number of hydrogen-bond acceptors (Lipinski definition) is 4. The molecule has 1 fully saturated rings. The maximum atomic E-state index is 12.9. The Bertz CT molecular complexity index is 951. The number of piperazine rings is 1. The van der Waals surface area contributed by atoms with Crippen LogP contribution < -0.4 is 5.32 Å². The van der Waals surface area contributed by atoms with Gasteiger partial charge in [-0.15, -0.1) is 0 Å². The predicted octanol–water partition coefficient (Wildman–Crippen LogP) is 3.27. The van der Waals surface area contributed by atoms with Gasteiger partial charge in [-0.25, -0.2) is 13.2 Å². The van der Waals surface area contributed by atoms with E-state index in [1.54, 1.807) is 29.4 Å². The molecule has 7 nitrogen and oxygen atoms in total. The van der Waals surface area contributed by atoms with E-state index >= 15 is 0 Å². The normalized spacial score (nSPS) is 16.6. The number of rotatable bonds is 4. The summed E-state index contributed by atoms with van der Waals surface area (Å²) in [5.74, 6) is 0. The topological polar surface area (TPSA) is 82.6 Å². The van der Waals surface area contributed by atoms with Gasteiger partial charge in [0, 0.05) is 43.0 Å². The molecule has 1 atom stereocenters. The number of hydrogen-bond donors (Lipinski definition) is 1. The predicted molar refractivity (Wildman–Crippen MR) is 111 cm³/mol. The van der Waals surface area contributed by atoms with Crippen molar-refractivity contribution in [2.75, 3.05) is 26.2 Å². The van der Waals surface area contributed by atoms with E-state index in [4.69, 9.17) is 11.6 Å². The van der Waals surface area contributed by atoms with Crippen LogP contribution in [0.4, 0.5) is 4.79 Å². The fraction of sp³-hybridized carbons (Fsp3) is 0.333. The van der Waals surface area contributed by atoms with Gasteiger partial charge in [0.25, 0.3) is 0 Å². The van der Waals surface area contributed by atoms with Gasteiger partial charge in [0.2, 0.25) is 10.0 Å². The van der Waals surface area contributed by atoms with Gasteiger partial charge in [-0.3, -0.25) is 4.98 Å². The van der Waals surface area contributed by atoms with Gasteiger partial charge in [0.05, 0.1) is 11.1 Å². The maximum Gasteiger partial charge on any atom is 0.317 e. The van der Waals surface area contributed by atoms with Crippen molar-refractivity contribution in [2.45, 2.75) is 17.9 Å². The van der Waals surface area contributed by atoms with E-state index in [-0.39, 0.29) is 35.1 Å². The van der Waals surface area contributed by atoms with Gasteiger partial charge in [-0.1, -0.05) is 33.6 Å². The van der Waals surface area contributed by atoms with Crippen LogP contribution >= 0.6 is 27.5 Å². The average Bonchev–Trinajstić information content (AvgIpc) is 2.68. The van der Waals surface area contributed by atoms with Crippen LogP contribution in [-0.4, -0.2) is 54.8 Å². The minimum atomic E-state index is -3.71. The van der Waals surface area contributed by atoms with Gasteiger partial charge in [-0.05, 0) is 36.8 Å². The van der Waals surface area contributed by atoms with E-state index < -0.39 is 10.0 Å². The zero-order chi connectivity index (χ0) is 20.3. The molecule has 0 spiro atoms. The molecule has 0 aliphatic carbocycles. The number of carbonyl (C=O) groups is 1. The Kier molecular flexibility index (Phi) is 6.59. The Hall–Kier alpha value is -1.68. The van der Waals surface area contributed by atoms with E-state index in [0.29, 0.717) is 17.6 Å². The Labute approximate surface area is 177 Å². The number of pyridine rings is 1. The van der Waals surface area contributed by atoms with Gasteiger partial charge < -0.3 is 10.2 Å². The molecule has 1 aromatic carbocycles. The summed E-state index contributed by atoms with van der Waals surface area (Å²) in [5.41, 5.74) is 0.905. The van der Waals surface area contributed by atoms with Crippen LogP contribution in [0.25, 0.3) is 0 Å². The second-order valence-corrected chi connectivity index (χ2v) is 9.65. The summed E-state index contributed by atoms with van der Waals surface area (Å²) >= 11 is 9.38. The number of nitrogens with one attached hydrogen (secondary N) is 1. The van der Waals surface area contributed by atoms with Crippen LogP contribution in [0.1, 0.15) is 18.5 Å². The fourth-order valence-electron chi connectivity index (χ4n) is 2.95. The molecule has 0 bridgehead atoms. The summed E-state index contributed by atoms with van der Waals surface area (Å²) < 4.78 is 27.8. The van der Waals surface area contributed by atoms with E-state index in [2.05, 4.69) is 26.2 Å². The van der Waals surface area contributed by atoms with E-state index in [1.807, 2.05) is 19.1 Å². The molecule has 150 valence electrons. The van der Waals surface area contributed by atoms with Crippen LogP contribution in [-0.2, 0) is 10.0 Å². The lowest BCUT2D eigenvalue weighted by atomic mass is 10.1. The second-order valence-electron chi connectivity index (χ2n) is 6.42. The van der Waals surface area contributed by atoms with Crippen molar-refractivity contribution in [3.05, 3.63) is 57.8 Å². The zero-order valence-electron chi connectivity index (χ0n) is 15.2.